The lowest BCUT2D eigenvalue weighted by molar-refractivity contribution is -0.137. The van der Waals surface area contributed by atoms with Gasteiger partial charge in [0.2, 0.25) is 5.95 Å². The third-order valence-electron chi connectivity index (χ3n) is 4.90. The van der Waals surface area contributed by atoms with E-state index < -0.39 is 17.3 Å². The topological polar surface area (TPSA) is 104 Å². The second-order valence-corrected chi connectivity index (χ2v) is 6.60. The monoisotopic (exact) mass is 378 g/mol. The number of H-pyrrole nitrogens is 1. The lowest BCUT2D eigenvalue weighted by Crippen LogP contribution is -2.43. The Balaban J connectivity index is 1.59. The maximum absolute atomic E-state index is 13.0. The first-order chi connectivity index (χ1) is 12.8. The van der Waals surface area contributed by atoms with Gasteiger partial charge >= 0.3 is 6.18 Å². The summed E-state index contributed by atoms with van der Waals surface area (Å²) in [5.41, 5.74) is 4.98. The number of piperidine rings is 1. The molecule has 4 rings (SSSR count). The molecule has 10 heteroatoms. The number of nitrogens with one attached hydrogen (secondary N) is 1. The number of anilines is 2. The number of aromatic amines is 1. The number of aromatic nitrogens is 4. The number of hydrogen-bond acceptors (Lipinski definition) is 6. The number of imidazole rings is 1. The van der Waals surface area contributed by atoms with Gasteiger partial charge < -0.3 is 20.7 Å². The minimum absolute atomic E-state index is 0.0864. The highest BCUT2D eigenvalue weighted by atomic mass is 19.4. The Kier molecular flexibility index (Phi) is 3.95. The zero-order valence-corrected chi connectivity index (χ0v) is 14.2. The van der Waals surface area contributed by atoms with Gasteiger partial charge in [0.05, 0.1) is 17.5 Å². The fourth-order valence-corrected chi connectivity index (χ4v) is 3.43. The molecule has 1 fully saturated rings. The molecule has 142 valence electrons. The molecule has 3 aromatic rings. The molecule has 0 radical (unpaired) electrons. The van der Waals surface area contributed by atoms with Crippen LogP contribution in [-0.2, 0) is 11.8 Å². The standard InChI is InChI=1S/C17H17F3N6O/c18-17(19,20)11-3-1-2-10(8-11)16(27)4-6-26(7-5-16)14-12-13(23-9-22-12)24-15(21)25-14/h1-3,8-9,27H,4-7H2,(H3,21,22,23,24,25). The number of benzene rings is 1. The van der Waals surface area contributed by atoms with Gasteiger partial charge in [-0.2, -0.15) is 23.1 Å². The van der Waals surface area contributed by atoms with Crippen molar-refractivity contribution in [1.29, 1.82) is 0 Å². The minimum Gasteiger partial charge on any atom is -0.385 e. The van der Waals surface area contributed by atoms with Crippen molar-refractivity contribution in [2.75, 3.05) is 23.7 Å². The zero-order chi connectivity index (χ0) is 19.2. The van der Waals surface area contributed by atoms with E-state index in [4.69, 9.17) is 5.73 Å². The summed E-state index contributed by atoms with van der Waals surface area (Å²) in [4.78, 5) is 17.3. The Morgan fingerprint density at radius 3 is 2.63 bits per heavy atom. The highest BCUT2D eigenvalue weighted by molar-refractivity contribution is 5.84. The van der Waals surface area contributed by atoms with E-state index in [1.54, 1.807) is 0 Å². The van der Waals surface area contributed by atoms with Crippen LogP contribution in [0.2, 0.25) is 0 Å². The maximum atomic E-state index is 13.0. The number of rotatable bonds is 2. The van der Waals surface area contributed by atoms with Crippen molar-refractivity contribution in [3.8, 4) is 0 Å². The molecule has 1 aliphatic heterocycles. The quantitative estimate of drug-likeness (QED) is 0.633. The predicted octanol–water partition coefficient (Wildman–Crippen LogP) is 2.44. The minimum atomic E-state index is -4.45. The molecule has 1 aromatic carbocycles. The Bertz CT molecular complexity index is 978. The molecule has 0 saturated carbocycles. The zero-order valence-electron chi connectivity index (χ0n) is 14.2. The SMILES string of the molecule is Nc1nc(N2CCC(O)(c3cccc(C(F)(F)F)c3)CC2)c2[nH]cnc2n1. The predicted molar refractivity (Wildman–Crippen MR) is 92.9 cm³/mol. The van der Waals surface area contributed by atoms with Crippen molar-refractivity contribution >= 4 is 22.9 Å². The van der Waals surface area contributed by atoms with Crippen LogP contribution in [0.1, 0.15) is 24.0 Å². The number of nitrogen functional groups attached to an aromatic ring is 1. The molecule has 1 saturated heterocycles. The van der Waals surface area contributed by atoms with Crippen LogP contribution < -0.4 is 10.6 Å². The molecule has 0 amide bonds. The molecule has 0 bridgehead atoms. The van der Waals surface area contributed by atoms with Gasteiger partial charge in [0.15, 0.2) is 11.5 Å². The highest BCUT2D eigenvalue weighted by Gasteiger charge is 2.37. The molecule has 27 heavy (non-hydrogen) atoms. The molecule has 0 spiro atoms. The van der Waals surface area contributed by atoms with Crippen LogP contribution in [-0.4, -0.2) is 38.1 Å². The van der Waals surface area contributed by atoms with E-state index in [0.717, 1.165) is 12.1 Å². The fraction of sp³-hybridized carbons (Fsp3) is 0.353. The number of fused-ring (bicyclic) bond motifs is 1. The molecule has 7 nitrogen and oxygen atoms in total. The Morgan fingerprint density at radius 1 is 1.19 bits per heavy atom. The van der Waals surface area contributed by atoms with Crippen molar-refractivity contribution in [2.45, 2.75) is 24.6 Å². The van der Waals surface area contributed by atoms with Crippen molar-refractivity contribution in [3.63, 3.8) is 0 Å². The van der Waals surface area contributed by atoms with E-state index in [0.29, 0.717) is 30.1 Å². The Morgan fingerprint density at radius 2 is 1.93 bits per heavy atom. The molecule has 1 aliphatic rings. The second kappa shape index (κ2) is 6.08. The van der Waals surface area contributed by atoms with E-state index in [9.17, 15) is 18.3 Å². The van der Waals surface area contributed by atoms with Crippen molar-refractivity contribution in [1.82, 2.24) is 19.9 Å². The number of halogens is 3. The number of hydrogen-bond donors (Lipinski definition) is 3. The van der Waals surface area contributed by atoms with Gasteiger partial charge in [-0.3, -0.25) is 0 Å². The van der Waals surface area contributed by atoms with Crippen molar-refractivity contribution < 1.29 is 18.3 Å². The molecule has 4 N–H and O–H groups in total. The van der Waals surface area contributed by atoms with E-state index in [2.05, 4.69) is 19.9 Å². The van der Waals surface area contributed by atoms with Gasteiger partial charge in [-0.25, -0.2) is 4.98 Å². The van der Waals surface area contributed by atoms with E-state index >= 15 is 0 Å². The lowest BCUT2D eigenvalue weighted by atomic mass is 9.83. The lowest BCUT2D eigenvalue weighted by Gasteiger charge is -2.39. The summed E-state index contributed by atoms with van der Waals surface area (Å²) in [5, 5.41) is 11.0. The van der Waals surface area contributed by atoms with Crippen LogP contribution >= 0.6 is 0 Å². The number of nitrogens with zero attached hydrogens (tertiary/aromatic N) is 4. The summed E-state index contributed by atoms with van der Waals surface area (Å²) in [6, 6.07) is 4.87. The van der Waals surface area contributed by atoms with Crippen LogP contribution in [0.4, 0.5) is 24.9 Å². The summed E-state index contributed by atoms with van der Waals surface area (Å²) in [7, 11) is 0. The van der Waals surface area contributed by atoms with Crippen LogP contribution in [0.3, 0.4) is 0 Å². The van der Waals surface area contributed by atoms with Crippen LogP contribution in [0.15, 0.2) is 30.6 Å². The molecule has 2 aromatic heterocycles. The van der Waals surface area contributed by atoms with Gasteiger partial charge in [0.25, 0.3) is 0 Å². The number of nitrogens with two attached hydrogens (primary N) is 1. The molecule has 0 atom stereocenters. The van der Waals surface area contributed by atoms with Crippen molar-refractivity contribution in [2.24, 2.45) is 0 Å². The van der Waals surface area contributed by atoms with E-state index in [1.165, 1.54) is 18.5 Å². The molecular weight excluding hydrogens is 361 g/mol. The van der Waals surface area contributed by atoms with Gasteiger partial charge in [-0.05, 0) is 30.5 Å². The normalized spacial score (nSPS) is 17.4. The van der Waals surface area contributed by atoms with Gasteiger partial charge in [-0.1, -0.05) is 12.1 Å². The maximum Gasteiger partial charge on any atom is 0.416 e. The summed E-state index contributed by atoms with van der Waals surface area (Å²) < 4.78 is 38.9. The summed E-state index contributed by atoms with van der Waals surface area (Å²) >= 11 is 0. The molecule has 0 aliphatic carbocycles. The Labute approximate surface area is 152 Å². The van der Waals surface area contributed by atoms with Crippen LogP contribution in [0.25, 0.3) is 11.2 Å². The summed E-state index contributed by atoms with van der Waals surface area (Å²) in [6.07, 6.45) is -2.44. The number of aliphatic hydroxyl groups is 1. The first-order valence-electron chi connectivity index (χ1n) is 8.38. The first-order valence-corrected chi connectivity index (χ1v) is 8.38. The van der Waals surface area contributed by atoms with Crippen LogP contribution in [0, 0.1) is 0 Å². The summed E-state index contributed by atoms with van der Waals surface area (Å²) in [6.45, 7) is 0.800. The van der Waals surface area contributed by atoms with Crippen molar-refractivity contribution in [3.05, 3.63) is 41.7 Å². The fourth-order valence-electron chi connectivity index (χ4n) is 3.43. The van der Waals surface area contributed by atoms with Crippen LogP contribution in [0.5, 0.6) is 0 Å². The number of alkyl halides is 3. The molecular formula is C17H17F3N6O. The average molecular weight is 378 g/mol. The van der Waals surface area contributed by atoms with Gasteiger partial charge in [0.1, 0.15) is 5.52 Å². The highest BCUT2D eigenvalue weighted by Crippen LogP contribution is 2.38. The Hall–Kier alpha value is -2.88. The van der Waals surface area contributed by atoms with E-state index in [1.807, 2.05) is 4.90 Å². The largest absolute Gasteiger partial charge is 0.416 e. The third kappa shape index (κ3) is 3.16. The molecule has 0 unspecified atom stereocenters. The smallest absolute Gasteiger partial charge is 0.385 e. The van der Waals surface area contributed by atoms with E-state index in [-0.39, 0.29) is 24.4 Å². The van der Waals surface area contributed by atoms with Gasteiger partial charge in [0, 0.05) is 13.1 Å². The van der Waals surface area contributed by atoms with Gasteiger partial charge in [-0.15, -0.1) is 0 Å². The average Bonchev–Trinajstić information content (AvgIpc) is 3.09. The third-order valence-corrected chi connectivity index (χ3v) is 4.90. The molecule has 3 heterocycles. The summed E-state index contributed by atoms with van der Waals surface area (Å²) in [5.74, 6) is 0.657. The first kappa shape index (κ1) is 17.5. The second-order valence-electron chi connectivity index (χ2n) is 6.60.